The molecule has 6 nitrogen and oxygen atoms in total. The first-order valence-electron chi connectivity index (χ1n) is 6.21. The molecule has 0 saturated heterocycles. The number of carboxylic acids is 1. The van der Waals surface area contributed by atoms with E-state index in [1.165, 1.54) is 18.3 Å². The zero-order chi connectivity index (χ0) is 15.8. The number of hydrogen-bond acceptors (Lipinski definition) is 4. The van der Waals surface area contributed by atoms with Gasteiger partial charge in [-0.15, -0.1) is 0 Å². The van der Waals surface area contributed by atoms with Gasteiger partial charge in [0.1, 0.15) is 10.6 Å². The summed E-state index contributed by atoms with van der Waals surface area (Å²) in [5, 5.41) is 12.8. The Kier molecular flexibility index (Phi) is 4.22. The molecule has 0 fully saturated rings. The molecule has 0 aliphatic rings. The Hall–Kier alpha value is -1.64. The number of aromatic nitrogens is 1. The predicted octanol–water partition coefficient (Wildman–Crippen LogP) is 2.43. The number of rotatable bonds is 5. The summed E-state index contributed by atoms with van der Waals surface area (Å²) < 4.78 is 27.6. The minimum Gasteiger partial charge on any atom is -0.477 e. The van der Waals surface area contributed by atoms with Gasteiger partial charge in [-0.2, -0.15) is 11.3 Å². The summed E-state index contributed by atoms with van der Waals surface area (Å²) in [6.45, 7) is 4.77. The molecular formula is C13H16N2O4S2. The molecular weight excluding hydrogens is 312 g/mol. The second kappa shape index (κ2) is 5.63. The lowest BCUT2D eigenvalue weighted by Crippen LogP contribution is -2.27. The SMILES string of the molecule is Cc1[nH]c(C(=O)O)c(C)c1S(=O)(=O)NC(C)c1ccsc1. The number of carboxylic acid groups (broad SMARTS) is 1. The Morgan fingerprint density at radius 3 is 2.57 bits per heavy atom. The van der Waals surface area contributed by atoms with Crippen molar-refractivity contribution < 1.29 is 18.3 Å². The predicted molar refractivity (Wildman–Crippen MR) is 80.3 cm³/mol. The Morgan fingerprint density at radius 2 is 2.10 bits per heavy atom. The van der Waals surface area contributed by atoms with Crippen molar-refractivity contribution in [1.29, 1.82) is 0 Å². The summed E-state index contributed by atoms with van der Waals surface area (Å²) in [5.41, 5.74) is 1.30. The third kappa shape index (κ3) is 3.02. The van der Waals surface area contributed by atoms with Gasteiger partial charge < -0.3 is 10.1 Å². The number of aromatic amines is 1. The first-order valence-corrected chi connectivity index (χ1v) is 8.63. The number of H-pyrrole nitrogens is 1. The zero-order valence-corrected chi connectivity index (χ0v) is 13.4. The van der Waals surface area contributed by atoms with Crippen LogP contribution in [0, 0.1) is 13.8 Å². The summed E-state index contributed by atoms with van der Waals surface area (Å²) in [6.07, 6.45) is 0. The van der Waals surface area contributed by atoms with E-state index >= 15 is 0 Å². The van der Waals surface area contributed by atoms with Gasteiger partial charge >= 0.3 is 5.97 Å². The van der Waals surface area contributed by atoms with Crippen LogP contribution in [-0.2, 0) is 10.0 Å². The highest BCUT2D eigenvalue weighted by atomic mass is 32.2. The lowest BCUT2D eigenvalue weighted by Gasteiger charge is -2.13. The number of hydrogen-bond donors (Lipinski definition) is 3. The fourth-order valence-corrected chi connectivity index (χ4v) is 4.66. The highest BCUT2D eigenvalue weighted by Crippen LogP contribution is 2.25. The van der Waals surface area contributed by atoms with E-state index in [0.717, 1.165) is 5.56 Å². The fourth-order valence-electron chi connectivity index (χ4n) is 2.23. The molecule has 8 heteroatoms. The van der Waals surface area contributed by atoms with Crippen LogP contribution in [0.5, 0.6) is 0 Å². The van der Waals surface area contributed by atoms with Crippen LogP contribution in [-0.4, -0.2) is 24.5 Å². The van der Waals surface area contributed by atoms with Gasteiger partial charge in [0.25, 0.3) is 0 Å². The van der Waals surface area contributed by atoms with E-state index in [9.17, 15) is 13.2 Å². The molecule has 2 heterocycles. The van der Waals surface area contributed by atoms with Crippen molar-refractivity contribution in [2.24, 2.45) is 0 Å². The average Bonchev–Trinajstić information content (AvgIpc) is 2.96. The molecule has 0 saturated carbocycles. The van der Waals surface area contributed by atoms with Crippen LogP contribution >= 0.6 is 11.3 Å². The number of aromatic carboxylic acids is 1. The normalized spacial score (nSPS) is 13.3. The van der Waals surface area contributed by atoms with Gasteiger partial charge in [0.05, 0.1) is 0 Å². The topological polar surface area (TPSA) is 99.3 Å². The number of carbonyl (C=O) groups is 1. The Bertz CT molecular complexity index is 760. The van der Waals surface area contributed by atoms with Crippen molar-refractivity contribution in [3.63, 3.8) is 0 Å². The smallest absolute Gasteiger partial charge is 0.352 e. The maximum atomic E-state index is 12.5. The highest BCUT2D eigenvalue weighted by molar-refractivity contribution is 7.89. The lowest BCUT2D eigenvalue weighted by molar-refractivity contribution is 0.0690. The van der Waals surface area contributed by atoms with E-state index in [-0.39, 0.29) is 22.2 Å². The van der Waals surface area contributed by atoms with Gasteiger partial charge in [-0.3, -0.25) is 0 Å². The maximum absolute atomic E-state index is 12.5. The van der Waals surface area contributed by atoms with E-state index in [2.05, 4.69) is 9.71 Å². The van der Waals surface area contributed by atoms with Gasteiger partial charge in [-0.05, 0) is 43.2 Å². The maximum Gasteiger partial charge on any atom is 0.352 e. The van der Waals surface area contributed by atoms with Crippen LogP contribution in [0.15, 0.2) is 21.7 Å². The summed E-state index contributed by atoms with van der Waals surface area (Å²) >= 11 is 1.49. The first-order chi connectivity index (χ1) is 9.74. The molecule has 0 aliphatic carbocycles. The van der Waals surface area contributed by atoms with Gasteiger partial charge in [0.15, 0.2) is 0 Å². The average molecular weight is 328 g/mol. The minimum atomic E-state index is -3.80. The highest BCUT2D eigenvalue weighted by Gasteiger charge is 2.27. The van der Waals surface area contributed by atoms with Crippen molar-refractivity contribution in [3.8, 4) is 0 Å². The van der Waals surface area contributed by atoms with Crippen molar-refractivity contribution in [2.45, 2.75) is 31.7 Å². The third-order valence-electron chi connectivity index (χ3n) is 3.23. The standard InChI is InChI=1S/C13H16N2O4S2/c1-7-11(13(16)17)14-9(3)12(7)21(18,19)15-8(2)10-4-5-20-6-10/h4-6,8,14-15H,1-3H3,(H,16,17). The molecule has 0 amide bonds. The number of nitrogens with one attached hydrogen (secondary N) is 2. The van der Waals surface area contributed by atoms with Gasteiger partial charge in [-0.1, -0.05) is 0 Å². The summed E-state index contributed by atoms with van der Waals surface area (Å²) in [4.78, 5) is 13.7. The third-order valence-corrected chi connectivity index (χ3v) is 5.74. The van der Waals surface area contributed by atoms with E-state index in [1.807, 2.05) is 16.8 Å². The monoisotopic (exact) mass is 328 g/mol. The molecule has 0 aliphatic heterocycles. The first kappa shape index (κ1) is 15.7. The summed E-state index contributed by atoms with van der Waals surface area (Å²) in [6, 6.07) is 1.46. The molecule has 1 unspecified atom stereocenters. The van der Waals surface area contributed by atoms with Gasteiger partial charge in [-0.25, -0.2) is 17.9 Å². The summed E-state index contributed by atoms with van der Waals surface area (Å²) in [5.74, 6) is -1.18. The van der Waals surface area contributed by atoms with E-state index in [0.29, 0.717) is 5.69 Å². The summed E-state index contributed by atoms with van der Waals surface area (Å²) in [7, 11) is -3.80. The molecule has 21 heavy (non-hydrogen) atoms. The van der Waals surface area contributed by atoms with Gasteiger partial charge in [0.2, 0.25) is 10.0 Å². The van der Waals surface area contributed by atoms with Crippen molar-refractivity contribution in [1.82, 2.24) is 9.71 Å². The molecule has 2 aromatic heterocycles. The molecule has 0 bridgehead atoms. The number of aryl methyl sites for hydroxylation is 1. The second-order valence-electron chi connectivity index (χ2n) is 4.78. The molecule has 2 rings (SSSR count). The second-order valence-corrected chi connectivity index (χ2v) is 7.21. The van der Waals surface area contributed by atoms with E-state index in [4.69, 9.17) is 5.11 Å². The van der Waals surface area contributed by atoms with Gasteiger partial charge in [0, 0.05) is 17.3 Å². The molecule has 2 aromatic rings. The lowest BCUT2D eigenvalue weighted by atomic mass is 10.2. The quantitative estimate of drug-likeness (QED) is 0.785. The molecule has 1 atom stereocenters. The van der Waals surface area contributed by atoms with E-state index < -0.39 is 16.0 Å². The van der Waals surface area contributed by atoms with Crippen LogP contribution in [0.3, 0.4) is 0 Å². The van der Waals surface area contributed by atoms with Crippen LogP contribution in [0.2, 0.25) is 0 Å². The van der Waals surface area contributed by atoms with Crippen LogP contribution in [0.4, 0.5) is 0 Å². The Morgan fingerprint density at radius 1 is 1.43 bits per heavy atom. The molecule has 3 N–H and O–H groups in total. The van der Waals surface area contributed by atoms with Crippen molar-refractivity contribution in [2.75, 3.05) is 0 Å². The Labute approximate surface area is 126 Å². The van der Waals surface area contributed by atoms with Crippen molar-refractivity contribution >= 4 is 27.3 Å². The Balaban J connectivity index is 2.39. The fraction of sp³-hybridized carbons (Fsp3) is 0.308. The zero-order valence-electron chi connectivity index (χ0n) is 11.8. The van der Waals surface area contributed by atoms with Crippen LogP contribution < -0.4 is 4.72 Å². The van der Waals surface area contributed by atoms with E-state index in [1.54, 1.807) is 13.8 Å². The minimum absolute atomic E-state index is 0.00183. The molecule has 0 radical (unpaired) electrons. The molecule has 0 aromatic carbocycles. The van der Waals surface area contributed by atoms with Crippen LogP contribution in [0.25, 0.3) is 0 Å². The van der Waals surface area contributed by atoms with Crippen molar-refractivity contribution in [3.05, 3.63) is 39.3 Å². The number of thiophene rings is 1. The number of sulfonamides is 1. The molecule has 0 spiro atoms. The van der Waals surface area contributed by atoms with Crippen LogP contribution in [0.1, 0.15) is 40.3 Å². The molecule has 114 valence electrons. The largest absolute Gasteiger partial charge is 0.477 e.